The number of nitrogens with zero attached hydrogens (tertiary/aromatic N) is 3. The fourth-order valence-electron chi connectivity index (χ4n) is 3.31. The van der Waals surface area contributed by atoms with Crippen LogP contribution in [0.5, 0.6) is 5.75 Å². The topological polar surface area (TPSA) is 119 Å². The van der Waals surface area contributed by atoms with Gasteiger partial charge in [-0.25, -0.2) is 0 Å². The number of carbonyl (C=O) groups excluding carboxylic acids is 3. The third-order valence-electron chi connectivity index (χ3n) is 4.98. The first-order valence-corrected chi connectivity index (χ1v) is 10.1. The summed E-state index contributed by atoms with van der Waals surface area (Å²) in [6, 6.07) is 2.67. The average molecular weight is 475 g/mol. The fraction of sp³-hybridized carbons (Fsp3) is 0.550. The van der Waals surface area contributed by atoms with E-state index in [-0.39, 0.29) is 37.3 Å². The van der Waals surface area contributed by atoms with Crippen LogP contribution in [-0.4, -0.2) is 78.6 Å². The van der Waals surface area contributed by atoms with Crippen LogP contribution in [-0.2, 0) is 14.3 Å². The Hall–Kier alpha value is -3.38. The van der Waals surface area contributed by atoms with Crippen molar-refractivity contribution in [1.29, 1.82) is 0 Å². The molecule has 1 heterocycles. The maximum absolute atomic E-state index is 12.8. The van der Waals surface area contributed by atoms with Crippen LogP contribution in [0.3, 0.4) is 0 Å². The number of nitro benzene ring substituents is 1. The number of benzene rings is 1. The Bertz CT molecular complexity index is 899. The van der Waals surface area contributed by atoms with E-state index in [1.165, 1.54) is 11.9 Å². The fourth-order valence-corrected chi connectivity index (χ4v) is 3.31. The Morgan fingerprint density at radius 2 is 1.88 bits per heavy atom. The van der Waals surface area contributed by atoms with Gasteiger partial charge in [-0.1, -0.05) is 0 Å². The van der Waals surface area contributed by atoms with Crippen molar-refractivity contribution in [3.63, 3.8) is 0 Å². The molecule has 0 spiro atoms. The first-order valence-electron chi connectivity index (χ1n) is 10.1. The summed E-state index contributed by atoms with van der Waals surface area (Å²) in [4.78, 5) is 50.0. The molecule has 0 aromatic heterocycles. The van der Waals surface area contributed by atoms with Gasteiger partial charge in [-0.05, 0) is 31.9 Å². The summed E-state index contributed by atoms with van der Waals surface area (Å²) in [7, 11) is 1.25. The monoisotopic (exact) mass is 475 g/mol. The molecule has 1 saturated heterocycles. The number of carbonyl (C=O) groups is 3. The SMILES string of the molecule is CCOC(=O)C1CCN(C(=O)CN(C)C(=O)c2cc(OCC(F)(F)F)ccc2[N+](=O)[O-])CC1. The third kappa shape index (κ3) is 7.32. The minimum Gasteiger partial charge on any atom is -0.484 e. The standard InChI is InChI=1S/C20H24F3N3O7/c1-3-32-19(29)13-6-8-25(9-7-13)17(27)11-24(2)18(28)15-10-14(33-12-20(21,22)23)4-5-16(15)26(30)31/h4-5,10,13H,3,6-9,11-12H2,1-2H3. The Kier molecular flexibility index (Phi) is 8.60. The highest BCUT2D eigenvalue weighted by Gasteiger charge is 2.31. The molecule has 1 aromatic carbocycles. The molecule has 10 nitrogen and oxygen atoms in total. The second-order valence-electron chi connectivity index (χ2n) is 7.41. The number of halogens is 3. The van der Waals surface area contributed by atoms with Crippen LogP contribution < -0.4 is 4.74 Å². The van der Waals surface area contributed by atoms with Gasteiger partial charge < -0.3 is 19.3 Å². The van der Waals surface area contributed by atoms with Crippen LogP contribution in [0.25, 0.3) is 0 Å². The molecule has 2 amide bonds. The van der Waals surface area contributed by atoms with Crippen LogP contribution in [0.4, 0.5) is 18.9 Å². The van der Waals surface area contributed by atoms with Crippen LogP contribution in [0.15, 0.2) is 18.2 Å². The van der Waals surface area contributed by atoms with Gasteiger partial charge in [0.25, 0.3) is 11.6 Å². The Morgan fingerprint density at radius 1 is 1.24 bits per heavy atom. The van der Waals surface area contributed by atoms with Crippen molar-refractivity contribution in [2.24, 2.45) is 5.92 Å². The van der Waals surface area contributed by atoms with Gasteiger partial charge in [-0.2, -0.15) is 13.2 Å². The molecule has 1 aliphatic heterocycles. The molecule has 0 atom stereocenters. The lowest BCUT2D eigenvalue weighted by Gasteiger charge is -2.32. The van der Waals surface area contributed by atoms with Crippen molar-refractivity contribution < 1.29 is 42.0 Å². The van der Waals surface area contributed by atoms with Gasteiger partial charge in [-0.15, -0.1) is 0 Å². The number of ether oxygens (including phenoxy) is 2. The van der Waals surface area contributed by atoms with E-state index in [0.29, 0.717) is 12.8 Å². The predicted molar refractivity (Wildman–Crippen MR) is 108 cm³/mol. The van der Waals surface area contributed by atoms with Gasteiger partial charge >= 0.3 is 12.1 Å². The lowest BCUT2D eigenvalue weighted by atomic mass is 9.97. The first kappa shape index (κ1) is 25.9. The van der Waals surface area contributed by atoms with Gasteiger partial charge in [0.1, 0.15) is 11.3 Å². The number of alkyl halides is 3. The average Bonchev–Trinajstić information content (AvgIpc) is 2.76. The molecule has 0 N–H and O–H groups in total. The molecular weight excluding hydrogens is 451 g/mol. The largest absolute Gasteiger partial charge is 0.484 e. The highest BCUT2D eigenvalue weighted by Crippen LogP contribution is 2.27. The van der Waals surface area contributed by atoms with Crippen LogP contribution >= 0.6 is 0 Å². The maximum Gasteiger partial charge on any atom is 0.422 e. The lowest BCUT2D eigenvalue weighted by molar-refractivity contribution is -0.385. The van der Waals surface area contributed by atoms with Crippen molar-refractivity contribution in [2.75, 3.05) is 39.9 Å². The van der Waals surface area contributed by atoms with E-state index in [4.69, 9.17) is 4.74 Å². The van der Waals surface area contributed by atoms with E-state index in [0.717, 1.165) is 23.1 Å². The van der Waals surface area contributed by atoms with Gasteiger partial charge in [-0.3, -0.25) is 24.5 Å². The number of hydrogen-bond donors (Lipinski definition) is 0. The summed E-state index contributed by atoms with van der Waals surface area (Å²) in [5.74, 6) is -2.36. The highest BCUT2D eigenvalue weighted by molar-refractivity contribution is 6.00. The number of nitro groups is 1. The number of likely N-dealkylation sites (N-methyl/N-ethyl adjacent to an activating group) is 1. The smallest absolute Gasteiger partial charge is 0.422 e. The Balaban J connectivity index is 2.05. The van der Waals surface area contributed by atoms with Crippen molar-refractivity contribution in [3.8, 4) is 5.75 Å². The van der Waals surface area contributed by atoms with Gasteiger partial charge in [0.05, 0.1) is 24.0 Å². The van der Waals surface area contributed by atoms with Crippen molar-refractivity contribution in [1.82, 2.24) is 9.80 Å². The van der Waals surface area contributed by atoms with Crippen molar-refractivity contribution in [3.05, 3.63) is 33.9 Å². The highest BCUT2D eigenvalue weighted by atomic mass is 19.4. The molecule has 1 aliphatic rings. The minimum absolute atomic E-state index is 0.263. The molecule has 0 bridgehead atoms. The summed E-state index contributed by atoms with van der Waals surface area (Å²) in [6.45, 7) is 0.490. The number of amides is 2. The number of rotatable bonds is 8. The molecule has 0 radical (unpaired) electrons. The number of piperidine rings is 1. The van der Waals surface area contributed by atoms with E-state index in [1.54, 1.807) is 6.92 Å². The van der Waals surface area contributed by atoms with Gasteiger partial charge in [0.15, 0.2) is 6.61 Å². The van der Waals surface area contributed by atoms with Crippen LogP contribution in [0, 0.1) is 16.0 Å². The quantitative estimate of drug-likeness (QED) is 0.322. The predicted octanol–water partition coefficient (Wildman–Crippen LogP) is 2.41. The number of likely N-dealkylation sites (tertiary alicyclic amines) is 1. The molecule has 2 rings (SSSR count). The molecule has 1 fully saturated rings. The molecule has 0 unspecified atom stereocenters. The van der Waals surface area contributed by atoms with Crippen molar-refractivity contribution >= 4 is 23.5 Å². The maximum atomic E-state index is 12.8. The zero-order chi connectivity index (χ0) is 24.8. The number of esters is 1. The zero-order valence-corrected chi connectivity index (χ0v) is 18.1. The van der Waals surface area contributed by atoms with E-state index in [1.807, 2.05) is 0 Å². The summed E-state index contributed by atoms with van der Waals surface area (Å²) < 4.78 is 46.7. The summed E-state index contributed by atoms with van der Waals surface area (Å²) in [6.07, 6.45) is -3.81. The summed E-state index contributed by atoms with van der Waals surface area (Å²) in [5.41, 5.74) is -1.13. The normalized spacial score (nSPS) is 14.5. The molecule has 0 aliphatic carbocycles. The summed E-state index contributed by atoms with van der Waals surface area (Å²) >= 11 is 0. The molecule has 13 heteroatoms. The van der Waals surface area contributed by atoms with E-state index in [9.17, 15) is 37.7 Å². The third-order valence-corrected chi connectivity index (χ3v) is 4.98. The van der Waals surface area contributed by atoms with Gasteiger partial charge in [0, 0.05) is 26.2 Å². The molecular formula is C20H24F3N3O7. The Labute approximate surface area is 187 Å². The van der Waals surface area contributed by atoms with E-state index >= 15 is 0 Å². The minimum atomic E-state index is -4.63. The first-order chi connectivity index (χ1) is 15.4. The zero-order valence-electron chi connectivity index (χ0n) is 18.1. The Morgan fingerprint density at radius 3 is 2.42 bits per heavy atom. The summed E-state index contributed by atoms with van der Waals surface area (Å²) in [5, 5.41) is 11.3. The van der Waals surface area contributed by atoms with E-state index in [2.05, 4.69) is 4.74 Å². The molecule has 33 heavy (non-hydrogen) atoms. The lowest BCUT2D eigenvalue weighted by Crippen LogP contribution is -2.45. The molecule has 182 valence electrons. The molecule has 1 aromatic rings. The second-order valence-corrected chi connectivity index (χ2v) is 7.41. The van der Waals surface area contributed by atoms with Crippen LogP contribution in [0.2, 0.25) is 0 Å². The number of hydrogen-bond acceptors (Lipinski definition) is 7. The van der Waals surface area contributed by atoms with Crippen molar-refractivity contribution in [2.45, 2.75) is 25.9 Å². The second kappa shape index (κ2) is 11.0. The van der Waals surface area contributed by atoms with E-state index < -0.39 is 47.3 Å². The van der Waals surface area contributed by atoms with Crippen LogP contribution in [0.1, 0.15) is 30.1 Å². The molecule has 0 saturated carbocycles. The van der Waals surface area contributed by atoms with Gasteiger partial charge in [0.2, 0.25) is 5.91 Å².